The number of aromatic nitrogens is 3. The summed E-state index contributed by atoms with van der Waals surface area (Å²) in [5.41, 5.74) is 4.54. The van der Waals surface area contributed by atoms with E-state index in [2.05, 4.69) is 25.0 Å². The van der Waals surface area contributed by atoms with Crippen molar-refractivity contribution in [2.24, 2.45) is 5.92 Å². The summed E-state index contributed by atoms with van der Waals surface area (Å²) in [6, 6.07) is 10.2. The van der Waals surface area contributed by atoms with Crippen molar-refractivity contribution < 1.29 is 9.90 Å². The number of hydrogen-bond acceptors (Lipinski definition) is 6. The smallest absolute Gasteiger partial charge is 0.169 e. The number of nitrogens with zero attached hydrogens (tertiary/aromatic N) is 4. The Kier molecular flexibility index (Phi) is 5.03. The van der Waals surface area contributed by atoms with Crippen LogP contribution in [0, 0.1) is 5.92 Å². The molecule has 7 nitrogen and oxygen atoms in total. The fraction of sp³-hybridized carbons (Fsp3) is 0.296. The molecule has 2 saturated heterocycles. The number of nitrogens with one attached hydrogen (secondary N) is 1. The van der Waals surface area contributed by atoms with E-state index in [1.165, 1.54) is 0 Å². The van der Waals surface area contributed by atoms with E-state index in [4.69, 9.17) is 23.2 Å². The molecule has 3 atom stereocenters. The number of phenolic OH excluding ortho intramolecular Hbond substituents is 1. The number of fused-ring (bicyclic) bond motifs is 2. The van der Waals surface area contributed by atoms with Crippen molar-refractivity contribution >= 4 is 51.3 Å². The van der Waals surface area contributed by atoms with Crippen LogP contribution < -0.4 is 5.32 Å². The van der Waals surface area contributed by atoms with Crippen LogP contribution in [0.3, 0.4) is 0 Å². The van der Waals surface area contributed by atoms with Crippen LogP contribution in [0.15, 0.2) is 48.9 Å². The van der Waals surface area contributed by atoms with Crippen LogP contribution in [0.1, 0.15) is 35.7 Å². The predicted molar refractivity (Wildman–Crippen MR) is 140 cm³/mol. The minimum absolute atomic E-state index is 0.0600. The largest absolute Gasteiger partial charge is 0.505 e. The Hall–Kier alpha value is -3.13. The van der Waals surface area contributed by atoms with Crippen LogP contribution in [0.4, 0.5) is 11.4 Å². The quantitative estimate of drug-likeness (QED) is 0.237. The summed E-state index contributed by atoms with van der Waals surface area (Å²) in [5, 5.41) is 19.3. The van der Waals surface area contributed by atoms with Crippen LogP contribution in [0.5, 0.6) is 5.75 Å². The maximum absolute atomic E-state index is 13.2. The molecule has 0 bridgehead atoms. The first-order chi connectivity index (χ1) is 17.5. The second-order valence-corrected chi connectivity index (χ2v) is 10.8. The topological polar surface area (TPSA) is 83.0 Å². The predicted octanol–water partition coefficient (Wildman–Crippen LogP) is 6.08. The van der Waals surface area contributed by atoms with Gasteiger partial charge in [-0.2, -0.15) is 5.10 Å². The lowest BCUT2D eigenvalue weighted by molar-refractivity contribution is 0.0968. The van der Waals surface area contributed by atoms with E-state index in [-0.39, 0.29) is 27.5 Å². The number of phenols is 1. The van der Waals surface area contributed by atoms with Crippen LogP contribution in [0.2, 0.25) is 10.0 Å². The van der Waals surface area contributed by atoms with Crippen molar-refractivity contribution in [3.05, 3.63) is 64.5 Å². The van der Waals surface area contributed by atoms with E-state index in [9.17, 15) is 9.90 Å². The molecule has 4 aromatic rings. The summed E-state index contributed by atoms with van der Waals surface area (Å²) in [5.74, 6) is 0.0346. The van der Waals surface area contributed by atoms with Crippen molar-refractivity contribution in [2.45, 2.75) is 31.3 Å². The van der Waals surface area contributed by atoms with Crippen molar-refractivity contribution in [1.29, 1.82) is 0 Å². The van der Waals surface area contributed by atoms with Crippen molar-refractivity contribution in [2.75, 3.05) is 18.4 Å². The monoisotopic (exact) mass is 519 g/mol. The Balaban J connectivity index is 1.32. The standard InChI is InChI=1S/C27H23Cl2N5O2/c28-20-8-16(9-21(29)27(20)36)15-3-4-22-18(7-15)25(19(11-30-22)26(35)14-1-2-14)32-17-10-31-34(12-17)23-5-6-33-13-24(23)33/h3-4,7-12,14,23-24,36H,1-2,5-6,13H2,(H,30,32). The molecule has 3 unspecified atom stereocenters. The Morgan fingerprint density at radius 3 is 2.53 bits per heavy atom. The molecular weight excluding hydrogens is 497 g/mol. The Morgan fingerprint density at radius 2 is 1.83 bits per heavy atom. The van der Waals surface area contributed by atoms with Gasteiger partial charge in [0.25, 0.3) is 0 Å². The lowest BCUT2D eigenvalue weighted by atomic mass is 9.99. The molecular formula is C27H23Cl2N5O2. The fourth-order valence-corrected chi connectivity index (χ4v) is 5.82. The van der Waals surface area contributed by atoms with Crippen molar-refractivity contribution in [3.8, 4) is 16.9 Å². The molecule has 1 saturated carbocycles. The number of halogens is 2. The number of aromatic hydroxyl groups is 1. The van der Waals surface area contributed by atoms with Crippen LogP contribution in [-0.4, -0.2) is 49.7 Å². The van der Waals surface area contributed by atoms with Gasteiger partial charge >= 0.3 is 0 Å². The molecule has 182 valence electrons. The molecule has 4 heterocycles. The first-order valence-corrected chi connectivity index (χ1v) is 12.9. The Bertz CT molecular complexity index is 1520. The minimum atomic E-state index is -0.141. The SMILES string of the molecule is O=C(c1cnc2ccc(-c3cc(Cl)c(O)c(Cl)c3)cc2c1Nc1cnn(C2CCN3CC23)c1)C1CC1. The number of ketones is 1. The zero-order chi connectivity index (χ0) is 24.6. The van der Waals surface area contributed by atoms with Crippen LogP contribution >= 0.6 is 23.2 Å². The summed E-state index contributed by atoms with van der Waals surface area (Å²) >= 11 is 12.4. The van der Waals surface area contributed by atoms with Gasteiger partial charge in [-0.05, 0) is 54.7 Å². The second kappa shape index (κ2) is 8.20. The lowest BCUT2D eigenvalue weighted by Gasteiger charge is -2.15. The molecule has 2 aliphatic heterocycles. The van der Waals surface area contributed by atoms with Gasteiger partial charge in [-0.3, -0.25) is 19.4 Å². The van der Waals surface area contributed by atoms with Gasteiger partial charge in [-0.15, -0.1) is 0 Å². The van der Waals surface area contributed by atoms with Crippen molar-refractivity contribution in [1.82, 2.24) is 19.7 Å². The minimum Gasteiger partial charge on any atom is -0.505 e. The Morgan fingerprint density at radius 1 is 1.03 bits per heavy atom. The summed E-state index contributed by atoms with van der Waals surface area (Å²) in [6.45, 7) is 2.28. The number of carbonyl (C=O) groups is 1. The van der Waals surface area contributed by atoms with Gasteiger partial charge in [0.05, 0.1) is 44.7 Å². The van der Waals surface area contributed by atoms with Gasteiger partial charge in [0, 0.05) is 42.8 Å². The third kappa shape index (κ3) is 3.74. The van der Waals surface area contributed by atoms with E-state index in [0.717, 1.165) is 65.8 Å². The van der Waals surface area contributed by atoms with Crippen LogP contribution in [-0.2, 0) is 0 Å². The molecule has 36 heavy (non-hydrogen) atoms. The Labute approximate surface area is 217 Å². The molecule has 9 heteroatoms. The number of rotatable bonds is 6. The van der Waals surface area contributed by atoms with Crippen molar-refractivity contribution in [3.63, 3.8) is 0 Å². The number of benzene rings is 2. The number of hydrogen-bond donors (Lipinski definition) is 2. The molecule has 0 amide bonds. The molecule has 3 aliphatic rings. The van der Waals surface area contributed by atoms with E-state index >= 15 is 0 Å². The molecule has 2 aromatic carbocycles. The molecule has 1 aliphatic carbocycles. The van der Waals surface area contributed by atoms with E-state index < -0.39 is 0 Å². The zero-order valence-electron chi connectivity index (χ0n) is 19.3. The fourth-order valence-electron chi connectivity index (χ4n) is 5.33. The third-order valence-corrected chi connectivity index (χ3v) is 8.13. The second-order valence-electron chi connectivity index (χ2n) is 9.96. The average molecular weight is 520 g/mol. The van der Waals surface area contributed by atoms with Crippen LogP contribution in [0.25, 0.3) is 22.0 Å². The van der Waals surface area contributed by atoms with Gasteiger partial charge in [-0.25, -0.2) is 0 Å². The van der Waals surface area contributed by atoms with Gasteiger partial charge in [0.15, 0.2) is 11.5 Å². The molecule has 0 radical (unpaired) electrons. The highest BCUT2D eigenvalue weighted by atomic mass is 35.5. The number of piperidine rings is 1. The van der Waals surface area contributed by atoms with E-state index in [0.29, 0.717) is 17.6 Å². The molecule has 0 spiro atoms. The maximum Gasteiger partial charge on any atom is 0.169 e. The molecule has 3 fully saturated rings. The highest BCUT2D eigenvalue weighted by Gasteiger charge is 2.47. The number of carbonyl (C=O) groups excluding carboxylic acids is 1. The van der Waals surface area contributed by atoms with E-state index in [1.807, 2.05) is 30.6 Å². The summed E-state index contributed by atoms with van der Waals surface area (Å²) < 4.78 is 2.05. The molecule has 7 rings (SSSR count). The molecule has 2 aromatic heterocycles. The summed E-state index contributed by atoms with van der Waals surface area (Å²) in [6.07, 6.45) is 8.48. The van der Waals surface area contributed by atoms with Gasteiger partial charge in [0.2, 0.25) is 0 Å². The highest BCUT2D eigenvalue weighted by molar-refractivity contribution is 6.37. The molecule has 2 N–H and O–H groups in total. The lowest BCUT2D eigenvalue weighted by Crippen LogP contribution is -2.13. The van der Waals surface area contributed by atoms with Gasteiger partial charge in [-0.1, -0.05) is 29.3 Å². The number of anilines is 2. The van der Waals surface area contributed by atoms with E-state index in [1.54, 1.807) is 18.3 Å². The highest BCUT2D eigenvalue weighted by Crippen LogP contribution is 2.42. The number of pyridine rings is 1. The van der Waals surface area contributed by atoms with Gasteiger partial charge in [0.1, 0.15) is 0 Å². The normalized spacial score (nSPS) is 22.6. The third-order valence-electron chi connectivity index (χ3n) is 7.56. The summed E-state index contributed by atoms with van der Waals surface area (Å²) in [4.78, 5) is 20.3. The van der Waals surface area contributed by atoms with Gasteiger partial charge < -0.3 is 10.4 Å². The first kappa shape index (κ1) is 22.1. The zero-order valence-corrected chi connectivity index (χ0v) is 20.8. The maximum atomic E-state index is 13.2. The average Bonchev–Trinajstić information content (AvgIpc) is 3.79. The summed E-state index contributed by atoms with van der Waals surface area (Å²) in [7, 11) is 0. The number of Topliss-reactive ketones (excluding diaryl/α,β-unsaturated/α-hetero) is 1. The first-order valence-electron chi connectivity index (χ1n) is 12.2.